The molecule has 27 heavy (non-hydrogen) atoms. The van der Waals surface area contributed by atoms with E-state index < -0.39 is 5.97 Å². The number of benzene rings is 1. The lowest BCUT2D eigenvalue weighted by atomic mass is 10.1. The van der Waals surface area contributed by atoms with E-state index in [4.69, 9.17) is 9.47 Å². The normalized spacial score (nSPS) is 18.4. The van der Waals surface area contributed by atoms with Gasteiger partial charge in [-0.1, -0.05) is 21.1 Å². The molecule has 0 saturated heterocycles. The molecule has 8 nitrogen and oxygen atoms in total. The van der Waals surface area contributed by atoms with E-state index in [2.05, 4.69) is 31.3 Å². The van der Waals surface area contributed by atoms with Crippen molar-refractivity contribution >= 4 is 21.9 Å². The van der Waals surface area contributed by atoms with E-state index in [0.717, 1.165) is 28.0 Å². The summed E-state index contributed by atoms with van der Waals surface area (Å²) in [5.41, 5.74) is 3.00. The number of hydrogen-bond donors (Lipinski definition) is 0. The number of aryl methyl sites for hydroxylation is 1. The van der Waals surface area contributed by atoms with Crippen LogP contribution in [0.3, 0.4) is 0 Å². The summed E-state index contributed by atoms with van der Waals surface area (Å²) in [5.74, 6) is 0.611. The second kappa shape index (κ2) is 6.80. The summed E-state index contributed by atoms with van der Waals surface area (Å²) in [6.45, 7) is 0. The summed E-state index contributed by atoms with van der Waals surface area (Å²) in [4.78, 5) is 12.3. The predicted molar refractivity (Wildman–Crippen MR) is 100 cm³/mol. The molecule has 2 atom stereocenters. The molecule has 1 aliphatic rings. The third-order valence-corrected chi connectivity index (χ3v) is 5.15. The number of esters is 1. The molecule has 0 radical (unpaired) electrons. The van der Waals surface area contributed by atoms with Gasteiger partial charge in [-0.25, -0.2) is 9.48 Å². The van der Waals surface area contributed by atoms with Gasteiger partial charge >= 0.3 is 5.97 Å². The van der Waals surface area contributed by atoms with Gasteiger partial charge in [0.05, 0.1) is 37.5 Å². The highest BCUT2D eigenvalue weighted by Gasteiger charge is 2.46. The van der Waals surface area contributed by atoms with Crippen molar-refractivity contribution in [1.29, 1.82) is 0 Å². The number of carbonyl (C=O) groups is 1. The van der Waals surface area contributed by atoms with Crippen LogP contribution in [0.4, 0.5) is 0 Å². The minimum absolute atomic E-state index is 0.114. The lowest BCUT2D eigenvalue weighted by molar-refractivity contribution is 0.0599. The van der Waals surface area contributed by atoms with Crippen molar-refractivity contribution in [3.8, 4) is 11.4 Å². The molecular weight excluding hydrogens is 414 g/mol. The van der Waals surface area contributed by atoms with Gasteiger partial charge in [0, 0.05) is 35.6 Å². The van der Waals surface area contributed by atoms with Gasteiger partial charge in [0.1, 0.15) is 11.3 Å². The Balaban J connectivity index is 1.79. The molecule has 0 unspecified atom stereocenters. The van der Waals surface area contributed by atoms with E-state index in [1.54, 1.807) is 22.7 Å². The molecule has 0 N–H and O–H groups in total. The maximum Gasteiger partial charge on any atom is 0.341 e. The Kier molecular flexibility index (Phi) is 4.47. The number of hydrogen-bond acceptors (Lipinski definition) is 6. The number of rotatable bonds is 5. The molecule has 4 rings (SSSR count). The largest absolute Gasteiger partial charge is 0.497 e. The van der Waals surface area contributed by atoms with Crippen LogP contribution >= 0.6 is 15.9 Å². The molecule has 1 fully saturated rings. The van der Waals surface area contributed by atoms with Crippen LogP contribution in [0.25, 0.3) is 5.69 Å². The maximum absolute atomic E-state index is 12.3. The van der Waals surface area contributed by atoms with E-state index in [-0.39, 0.29) is 11.8 Å². The van der Waals surface area contributed by atoms with Crippen molar-refractivity contribution in [2.45, 2.75) is 18.3 Å². The summed E-state index contributed by atoms with van der Waals surface area (Å²) >= 11 is 3.50. The minimum Gasteiger partial charge on any atom is -0.497 e. The molecule has 0 spiro atoms. The zero-order valence-corrected chi connectivity index (χ0v) is 16.7. The fraction of sp³-hybridized carbons (Fsp3) is 0.333. The summed E-state index contributed by atoms with van der Waals surface area (Å²) in [7, 11) is 4.82. The highest BCUT2D eigenvalue weighted by atomic mass is 79.9. The number of nitrogens with zero attached hydrogens (tertiary/aromatic N) is 5. The third kappa shape index (κ3) is 3.23. The van der Waals surface area contributed by atoms with Crippen LogP contribution in [-0.2, 0) is 11.8 Å². The van der Waals surface area contributed by atoms with Crippen molar-refractivity contribution in [2.75, 3.05) is 14.2 Å². The van der Waals surface area contributed by atoms with Gasteiger partial charge in [-0.2, -0.15) is 5.10 Å². The molecule has 9 heteroatoms. The second-order valence-corrected chi connectivity index (χ2v) is 7.38. The van der Waals surface area contributed by atoms with Crippen LogP contribution in [0.5, 0.6) is 5.75 Å². The van der Waals surface area contributed by atoms with Gasteiger partial charge in [0.2, 0.25) is 0 Å². The molecule has 2 heterocycles. The van der Waals surface area contributed by atoms with Crippen molar-refractivity contribution in [1.82, 2.24) is 24.8 Å². The molecule has 2 aromatic heterocycles. The van der Waals surface area contributed by atoms with Gasteiger partial charge < -0.3 is 9.47 Å². The van der Waals surface area contributed by atoms with Gasteiger partial charge in [0.25, 0.3) is 0 Å². The number of halogens is 1. The fourth-order valence-corrected chi connectivity index (χ4v) is 3.80. The van der Waals surface area contributed by atoms with Crippen molar-refractivity contribution in [3.05, 3.63) is 52.0 Å². The Hall–Kier alpha value is -2.68. The first-order valence-electron chi connectivity index (χ1n) is 8.39. The summed E-state index contributed by atoms with van der Waals surface area (Å²) in [6, 6.07) is 5.68. The highest BCUT2D eigenvalue weighted by molar-refractivity contribution is 9.10. The highest BCUT2D eigenvalue weighted by Crippen LogP contribution is 2.55. The second-order valence-electron chi connectivity index (χ2n) is 6.46. The predicted octanol–water partition coefficient (Wildman–Crippen LogP) is 2.83. The Morgan fingerprint density at radius 2 is 2.07 bits per heavy atom. The fourth-order valence-electron chi connectivity index (χ4n) is 3.33. The smallest absolute Gasteiger partial charge is 0.341 e. The van der Waals surface area contributed by atoms with Gasteiger partial charge in [-0.3, -0.25) is 4.68 Å². The van der Waals surface area contributed by atoms with Crippen LogP contribution in [0, 0.1) is 0 Å². The third-order valence-electron chi connectivity index (χ3n) is 4.69. The first-order chi connectivity index (χ1) is 13.0. The van der Waals surface area contributed by atoms with Gasteiger partial charge in [0.15, 0.2) is 0 Å². The molecule has 0 aliphatic heterocycles. The first-order valence-corrected chi connectivity index (χ1v) is 9.18. The standard InChI is InChI=1S/C18H18BrN5O3/c1-23-9-16(21-22-23)13-7-14(13)17-15(18(25)27-3)8-20-24(17)11-4-10(19)5-12(6-11)26-2/h4-6,8-9,13-14H,7H2,1-3H3/t13-,14-/m0/s1. The van der Waals surface area contributed by atoms with Crippen LogP contribution in [0.15, 0.2) is 35.1 Å². The lowest BCUT2D eigenvalue weighted by Crippen LogP contribution is -2.08. The van der Waals surface area contributed by atoms with Crippen LogP contribution < -0.4 is 4.74 Å². The topological polar surface area (TPSA) is 84.1 Å². The van der Waals surface area contributed by atoms with Crippen LogP contribution in [0.2, 0.25) is 0 Å². The molecule has 0 amide bonds. The quantitative estimate of drug-likeness (QED) is 0.577. The van der Waals surface area contributed by atoms with Crippen LogP contribution in [-0.4, -0.2) is 45.0 Å². The number of ether oxygens (including phenoxy) is 2. The maximum atomic E-state index is 12.3. The number of aromatic nitrogens is 5. The van der Waals surface area contributed by atoms with Gasteiger partial charge in [-0.15, -0.1) is 5.10 Å². The monoisotopic (exact) mass is 431 g/mol. The zero-order valence-electron chi connectivity index (χ0n) is 15.1. The van der Waals surface area contributed by atoms with E-state index in [9.17, 15) is 4.79 Å². The molecule has 140 valence electrons. The molecule has 1 aliphatic carbocycles. The van der Waals surface area contributed by atoms with E-state index >= 15 is 0 Å². The molecule has 3 aromatic rings. The summed E-state index contributed by atoms with van der Waals surface area (Å²) < 4.78 is 14.6. The Labute approximate surface area is 164 Å². The average Bonchev–Trinajstić information content (AvgIpc) is 3.11. The molecular formula is C18H18BrN5O3. The Morgan fingerprint density at radius 1 is 1.26 bits per heavy atom. The lowest BCUT2D eigenvalue weighted by Gasteiger charge is -2.11. The Morgan fingerprint density at radius 3 is 2.74 bits per heavy atom. The van der Waals surface area contributed by atoms with E-state index in [1.807, 2.05) is 31.4 Å². The first kappa shape index (κ1) is 17.7. The number of carbonyl (C=O) groups excluding carboxylic acids is 1. The molecule has 1 aromatic carbocycles. The van der Waals surface area contributed by atoms with Gasteiger partial charge in [-0.05, 0) is 18.6 Å². The SMILES string of the molecule is COC(=O)c1cnn(-c2cc(Br)cc(OC)c2)c1[C@H]1C[C@@H]1c1cn(C)nn1. The van der Waals surface area contributed by atoms with Crippen molar-refractivity contribution in [2.24, 2.45) is 7.05 Å². The summed E-state index contributed by atoms with van der Waals surface area (Å²) in [6.07, 6.45) is 4.34. The minimum atomic E-state index is -0.400. The summed E-state index contributed by atoms with van der Waals surface area (Å²) in [5, 5.41) is 12.7. The van der Waals surface area contributed by atoms with Crippen molar-refractivity contribution < 1.29 is 14.3 Å². The van der Waals surface area contributed by atoms with Crippen molar-refractivity contribution in [3.63, 3.8) is 0 Å². The average molecular weight is 432 g/mol. The zero-order chi connectivity index (χ0) is 19.1. The van der Waals surface area contributed by atoms with Crippen LogP contribution in [0.1, 0.15) is 40.0 Å². The molecule has 1 saturated carbocycles. The van der Waals surface area contributed by atoms with E-state index in [0.29, 0.717) is 11.3 Å². The molecule has 0 bridgehead atoms. The number of methoxy groups -OCH3 is 2. The van der Waals surface area contributed by atoms with E-state index in [1.165, 1.54) is 7.11 Å². The Bertz CT molecular complexity index is 1010.